The minimum Gasteiger partial charge on any atom is -0.469 e. The van der Waals surface area contributed by atoms with Crippen molar-refractivity contribution in [1.29, 1.82) is 0 Å². The van der Waals surface area contributed by atoms with Gasteiger partial charge in [0.25, 0.3) is 0 Å². The van der Waals surface area contributed by atoms with Gasteiger partial charge in [-0.15, -0.1) is 0 Å². The number of methoxy groups -OCH3 is 3. The number of hydrogen-bond donors (Lipinski definition) is 0. The highest BCUT2D eigenvalue weighted by Crippen LogP contribution is 2.42. The lowest BCUT2D eigenvalue weighted by Crippen LogP contribution is -2.33. The van der Waals surface area contributed by atoms with Gasteiger partial charge in [-0.1, -0.05) is 47.8 Å². The molecule has 0 heterocycles. The molecule has 0 aromatic heterocycles. The van der Waals surface area contributed by atoms with Crippen molar-refractivity contribution in [3.63, 3.8) is 0 Å². The third kappa shape index (κ3) is 7.34. The van der Waals surface area contributed by atoms with Gasteiger partial charge < -0.3 is 14.2 Å². The van der Waals surface area contributed by atoms with E-state index in [-0.39, 0.29) is 17.9 Å². The van der Waals surface area contributed by atoms with Crippen molar-refractivity contribution in [2.24, 2.45) is 16.2 Å². The standard InChI is InChI=1S/C27H39Br3O6/c1-25(2,22(31)34-7)10-16-19(13-28)17(11-26(3,4)23(32)35-8)21(15-30)18(20(16)14-29)12-27(5,6)24(33)36-9/h10-15H2,1-9H3. The SMILES string of the molecule is COC(=O)C(C)(C)Cc1c(CBr)c(CC(C)(C)C(=O)OC)c(CBr)c(CC(C)(C)C(=O)OC)c1CBr. The topological polar surface area (TPSA) is 78.9 Å². The predicted molar refractivity (Wildman–Crippen MR) is 153 cm³/mol. The highest BCUT2D eigenvalue weighted by atomic mass is 79.9. The molecule has 0 saturated heterocycles. The van der Waals surface area contributed by atoms with Crippen LogP contribution in [0.15, 0.2) is 0 Å². The number of benzene rings is 1. The van der Waals surface area contributed by atoms with E-state index in [2.05, 4.69) is 47.8 Å². The first-order valence-corrected chi connectivity index (χ1v) is 15.0. The van der Waals surface area contributed by atoms with Gasteiger partial charge in [0.2, 0.25) is 0 Å². The van der Waals surface area contributed by atoms with Crippen molar-refractivity contribution in [2.75, 3.05) is 21.3 Å². The third-order valence-corrected chi connectivity index (χ3v) is 8.34. The number of carbonyl (C=O) groups excluding carboxylic acids is 3. The summed E-state index contributed by atoms with van der Waals surface area (Å²) in [6.07, 6.45) is 1.30. The van der Waals surface area contributed by atoms with Crippen molar-refractivity contribution < 1.29 is 28.6 Å². The van der Waals surface area contributed by atoms with Crippen LogP contribution in [0.1, 0.15) is 74.9 Å². The Morgan fingerprint density at radius 1 is 0.500 bits per heavy atom. The fourth-order valence-corrected chi connectivity index (χ4v) is 6.62. The summed E-state index contributed by atoms with van der Waals surface area (Å²) in [4.78, 5) is 38.0. The number of carbonyl (C=O) groups is 3. The zero-order chi connectivity index (χ0) is 28.1. The lowest BCUT2D eigenvalue weighted by Gasteiger charge is -2.33. The molecule has 0 aliphatic carbocycles. The lowest BCUT2D eigenvalue weighted by molar-refractivity contribution is -0.151. The van der Waals surface area contributed by atoms with Crippen LogP contribution < -0.4 is 0 Å². The van der Waals surface area contributed by atoms with Gasteiger partial charge in [-0.25, -0.2) is 0 Å². The summed E-state index contributed by atoms with van der Waals surface area (Å²) in [5.41, 5.74) is 3.77. The van der Waals surface area contributed by atoms with Crippen LogP contribution in [0.3, 0.4) is 0 Å². The molecule has 204 valence electrons. The molecule has 0 unspecified atom stereocenters. The van der Waals surface area contributed by atoms with E-state index in [4.69, 9.17) is 14.2 Å². The van der Waals surface area contributed by atoms with Gasteiger partial charge in [-0.2, -0.15) is 0 Å². The van der Waals surface area contributed by atoms with Gasteiger partial charge in [0, 0.05) is 16.0 Å². The van der Waals surface area contributed by atoms with E-state index in [0.29, 0.717) is 35.3 Å². The van der Waals surface area contributed by atoms with Crippen molar-refractivity contribution in [3.8, 4) is 0 Å². The largest absolute Gasteiger partial charge is 0.469 e. The summed E-state index contributed by atoms with van der Waals surface area (Å²) < 4.78 is 15.3. The smallest absolute Gasteiger partial charge is 0.311 e. The molecule has 0 N–H and O–H groups in total. The summed E-state index contributed by atoms with van der Waals surface area (Å²) in [7, 11) is 4.18. The first kappa shape index (κ1) is 33.1. The van der Waals surface area contributed by atoms with Gasteiger partial charge in [-0.3, -0.25) is 14.4 Å². The molecule has 0 bridgehead atoms. The number of alkyl halides is 3. The Bertz CT molecular complexity index is 837. The molecule has 0 aliphatic rings. The maximum atomic E-state index is 12.7. The highest BCUT2D eigenvalue weighted by Gasteiger charge is 2.38. The van der Waals surface area contributed by atoms with Crippen LogP contribution in [-0.4, -0.2) is 39.2 Å². The molecule has 0 amide bonds. The van der Waals surface area contributed by atoms with Crippen LogP contribution in [0.25, 0.3) is 0 Å². The average molecular weight is 699 g/mol. The van der Waals surface area contributed by atoms with Crippen molar-refractivity contribution >= 4 is 65.7 Å². The van der Waals surface area contributed by atoms with Crippen molar-refractivity contribution in [3.05, 3.63) is 33.4 Å². The molecule has 0 radical (unpaired) electrons. The van der Waals surface area contributed by atoms with E-state index in [0.717, 1.165) is 33.4 Å². The summed E-state index contributed by atoms with van der Waals surface area (Å²) >= 11 is 11.1. The Balaban J connectivity index is 4.13. The van der Waals surface area contributed by atoms with Gasteiger partial charge in [-0.05, 0) is 94.2 Å². The fraction of sp³-hybridized carbons (Fsp3) is 0.667. The minimum absolute atomic E-state index is 0.305. The van der Waals surface area contributed by atoms with Crippen molar-refractivity contribution in [2.45, 2.75) is 76.8 Å². The Hall–Kier alpha value is -0.930. The Morgan fingerprint density at radius 3 is 0.833 bits per heavy atom. The molecule has 1 rings (SSSR count). The Kier molecular flexibility index (Phi) is 12.2. The van der Waals surface area contributed by atoms with Gasteiger partial charge >= 0.3 is 17.9 Å². The van der Waals surface area contributed by atoms with Crippen LogP contribution in [-0.2, 0) is 63.8 Å². The summed E-state index contributed by atoms with van der Waals surface area (Å²) in [6, 6.07) is 0. The normalized spacial score (nSPS) is 12.3. The Morgan fingerprint density at radius 2 is 0.694 bits per heavy atom. The number of esters is 3. The number of hydrogen-bond acceptors (Lipinski definition) is 6. The van der Waals surface area contributed by atoms with Crippen LogP contribution >= 0.6 is 47.8 Å². The Labute approximate surface area is 241 Å². The first-order chi connectivity index (χ1) is 16.6. The summed E-state index contributed by atoms with van der Waals surface area (Å²) in [6.45, 7) is 11.2. The first-order valence-electron chi connectivity index (χ1n) is 11.7. The predicted octanol–water partition coefficient (Wildman–Crippen LogP) is 6.60. The second-order valence-electron chi connectivity index (χ2n) is 10.9. The molecule has 0 atom stereocenters. The van der Waals surface area contributed by atoms with E-state index >= 15 is 0 Å². The van der Waals surface area contributed by atoms with Crippen LogP contribution in [0.4, 0.5) is 0 Å². The molecule has 9 heteroatoms. The number of halogens is 3. The molecular formula is C27H39Br3O6. The maximum Gasteiger partial charge on any atom is 0.311 e. The average Bonchev–Trinajstić information content (AvgIpc) is 2.82. The van der Waals surface area contributed by atoms with Gasteiger partial charge in [0.15, 0.2) is 0 Å². The van der Waals surface area contributed by atoms with Gasteiger partial charge in [0.05, 0.1) is 37.6 Å². The van der Waals surface area contributed by atoms with Gasteiger partial charge in [0.1, 0.15) is 0 Å². The second kappa shape index (κ2) is 13.2. The van der Waals surface area contributed by atoms with Crippen LogP contribution in [0.2, 0.25) is 0 Å². The van der Waals surface area contributed by atoms with Crippen molar-refractivity contribution in [1.82, 2.24) is 0 Å². The summed E-state index contributed by atoms with van der Waals surface area (Å²) in [5, 5.41) is 1.60. The quantitative estimate of drug-likeness (QED) is 0.139. The maximum absolute atomic E-state index is 12.7. The monoisotopic (exact) mass is 696 g/mol. The number of rotatable bonds is 12. The second-order valence-corrected chi connectivity index (χ2v) is 12.6. The molecule has 1 aromatic rings. The van der Waals surface area contributed by atoms with E-state index in [1.54, 1.807) is 0 Å². The third-order valence-electron chi connectivity index (χ3n) is 6.66. The lowest BCUT2D eigenvalue weighted by atomic mass is 9.73. The molecule has 0 spiro atoms. The van der Waals surface area contributed by atoms with Crippen LogP contribution in [0.5, 0.6) is 0 Å². The summed E-state index contributed by atoms with van der Waals surface area (Å²) in [5.74, 6) is -0.914. The molecule has 6 nitrogen and oxygen atoms in total. The zero-order valence-electron chi connectivity index (χ0n) is 22.8. The van der Waals surface area contributed by atoms with E-state index in [9.17, 15) is 14.4 Å². The molecule has 0 saturated carbocycles. The molecule has 0 aliphatic heterocycles. The highest BCUT2D eigenvalue weighted by molar-refractivity contribution is 9.09. The fourth-order valence-electron chi connectivity index (χ4n) is 4.59. The molecule has 0 fully saturated rings. The number of ether oxygens (including phenoxy) is 3. The zero-order valence-corrected chi connectivity index (χ0v) is 27.6. The molecule has 36 heavy (non-hydrogen) atoms. The van der Waals surface area contributed by atoms with Crippen LogP contribution in [0, 0.1) is 16.2 Å². The molecule has 1 aromatic carbocycles. The van der Waals surface area contributed by atoms with E-state index in [1.165, 1.54) is 21.3 Å². The molecular weight excluding hydrogens is 660 g/mol. The van der Waals surface area contributed by atoms with E-state index < -0.39 is 16.2 Å². The minimum atomic E-state index is -0.789. The van der Waals surface area contributed by atoms with E-state index in [1.807, 2.05) is 41.5 Å².